The van der Waals surface area contributed by atoms with Gasteiger partial charge in [-0.1, -0.05) is 39.0 Å². The Hall–Kier alpha value is -2.14. The van der Waals surface area contributed by atoms with Crippen molar-refractivity contribution in [3.63, 3.8) is 0 Å². The minimum atomic E-state index is -0.970. The van der Waals surface area contributed by atoms with E-state index in [4.69, 9.17) is 0 Å². The van der Waals surface area contributed by atoms with E-state index < -0.39 is 5.97 Å². The standard InChI is InChI=1S/C19H21NO3S/c1-11-9-19(2,3)10-13-14(11)15(18(22)23)17(24-13)20-16(21)12-7-5-4-6-8-12/h4-8,11H,9-10H2,1-3H3,(H,20,21)(H,22,23). The molecule has 4 nitrogen and oxygen atoms in total. The summed E-state index contributed by atoms with van der Waals surface area (Å²) in [4.78, 5) is 25.3. The molecule has 0 radical (unpaired) electrons. The molecule has 24 heavy (non-hydrogen) atoms. The summed E-state index contributed by atoms with van der Waals surface area (Å²) in [5.41, 5.74) is 1.83. The lowest BCUT2D eigenvalue weighted by molar-refractivity contribution is 0.0695. The minimum absolute atomic E-state index is 0.147. The molecular weight excluding hydrogens is 322 g/mol. The van der Waals surface area contributed by atoms with Crippen molar-refractivity contribution in [2.24, 2.45) is 5.41 Å². The van der Waals surface area contributed by atoms with Crippen molar-refractivity contribution in [2.75, 3.05) is 5.32 Å². The SMILES string of the molecule is CC1CC(C)(C)Cc2sc(NC(=O)c3ccccc3)c(C(=O)O)c21. The second-order valence-corrected chi connectivity index (χ2v) is 8.32. The minimum Gasteiger partial charge on any atom is -0.478 e. The van der Waals surface area contributed by atoms with E-state index in [0.29, 0.717) is 10.6 Å². The van der Waals surface area contributed by atoms with Gasteiger partial charge < -0.3 is 10.4 Å². The van der Waals surface area contributed by atoms with Gasteiger partial charge in [0.05, 0.1) is 5.56 Å². The summed E-state index contributed by atoms with van der Waals surface area (Å²) < 4.78 is 0. The number of benzene rings is 1. The maximum atomic E-state index is 12.4. The number of hydrogen-bond donors (Lipinski definition) is 2. The monoisotopic (exact) mass is 343 g/mol. The molecule has 1 aromatic heterocycles. The summed E-state index contributed by atoms with van der Waals surface area (Å²) in [5, 5.41) is 13.0. The predicted octanol–water partition coefficient (Wildman–Crippen LogP) is 4.77. The highest BCUT2D eigenvalue weighted by Gasteiger charge is 2.36. The molecule has 0 saturated carbocycles. The van der Waals surface area contributed by atoms with Crippen LogP contribution in [0.25, 0.3) is 0 Å². The zero-order chi connectivity index (χ0) is 17.5. The second kappa shape index (κ2) is 6.06. The molecule has 0 spiro atoms. The van der Waals surface area contributed by atoms with Gasteiger partial charge in [0, 0.05) is 10.4 Å². The van der Waals surface area contributed by atoms with E-state index in [-0.39, 0.29) is 22.8 Å². The molecule has 1 amide bonds. The van der Waals surface area contributed by atoms with Crippen molar-refractivity contribution < 1.29 is 14.7 Å². The Bertz CT molecular complexity index is 792. The van der Waals surface area contributed by atoms with E-state index >= 15 is 0 Å². The van der Waals surface area contributed by atoms with Crippen LogP contribution in [0.3, 0.4) is 0 Å². The molecule has 1 aromatic carbocycles. The third-order valence-corrected chi connectivity index (χ3v) is 5.61. The van der Waals surface area contributed by atoms with Crippen LogP contribution < -0.4 is 5.32 Å². The van der Waals surface area contributed by atoms with Crippen LogP contribution in [0.15, 0.2) is 30.3 Å². The quantitative estimate of drug-likeness (QED) is 0.843. The highest BCUT2D eigenvalue weighted by atomic mass is 32.1. The first-order valence-electron chi connectivity index (χ1n) is 8.04. The topological polar surface area (TPSA) is 66.4 Å². The smallest absolute Gasteiger partial charge is 0.339 e. The lowest BCUT2D eigenvalue weighted by atomic mass is 9.72. The molecular formula is C19H21NO3S. The number of carboxylic acid groups (broad SMARTS) is 1. The maximum absolute atomic E-state index is 12.4. The molecule has 0 fully saturated rings. The summed E-state index contributed by atoms with van der Waals surface area (Å²) in [7, 11) is 0. The predicted molar refractivity (Wildman–Crippen MR) is 96.2 cm³/mol. The number of carbonyl (C=O) groups is 2. The number of anilines is 1. The fourth-order valence-electron chi connectivity index (χ4n) is 3.65. The van der Waals surface area contributed by atoms with E-state index in [0.717, 1.165) is 23.3 Å². The summed E-state index contributed by atoms with van der Waals surface area (Å²) in [6, 6.07) is 8.85. The molecule has 1 aliphatic rings. The zero-order valence-electron chi connectivity index (χ0n) is 14.1. The van der Waals surface area contributed by atoms with Gasteiger partial charge in [-0.05, 0) is 41.9 Å². The van der Waals surface area contributed by atoms with Crippen LogP contribution in [0.4, 0.5) is 5.00 Å². The van der Waals surface area contributed by atoms with Crippen LogP contribution in [0.5, 0.6) is 0 Å². The molecule has 2 N–H and O–H groups in total. The lowest BCUT2D eigenvalue weighted by Gasteiger charge is -2.33. The van der Waals surface area contributed by atoms with Gasteiger partial charge in [-0.3, -0.25) is 4.79 Å². The van der Waals surface area contributed by atoms with Gasteiger partial charge >= 0.3 is 5.97 Å². The highest BCUT2D eigenvalue weighted by molar-refractivity contribution is 7.17. The number of carbonyl (C=O) groups excluding carboxylic acids is 1. The number of rotatable bonds is 3. The van der Waals surface area contributed by atoms with Crippen LogP contribution in [0.2, 0.25) is 0 Å². The lowest BCUT2D eigenvalue weighted by Crippen LogP contribution is -2.24. The third-order valence-electron chi connectivity index (χ3n) is 4.49. The number of hydrogen-bond acceptors (Lipinski definition) is 3. The average Bonchev–Trinajstić information content (AvgIpc) is 2.85. The molecule has 1 heterocycles. The third kappa shape index (κ3) is 3.08. The van der Waals surface area contributed by atoms with Gasteiger partial charge in [0.1, 0.15) is 5.00 Å². The van der Waals surface area contributed by atoms with Gasteiger partial charge in [0.2, 0.25) is 0 Å². The molecule has 0 aliphatic heterocycles. The zero-order valence-corrected chi connectivity index (χ0v) is 14.9. The van der Waals surface area contributed by atoms with Crippen LogP contribution in [0, 0.1) is 5.41 Å². The van der Waals surface area contributed by atoms with Crippen LogP contribution in [0.1, 0.15) is 64.3 Å². The van der Waals surface area contributed by atoms with Crippen molar-refractivity contribution in [1.29, 1.82) is 0 Å². The molecule has 1 unspecified atom stereocenters. The Morgan fingerprint density at radius 2 is 1.92 bits per heavy atom. The van der Waals surface area contributed by atoms with E-state index in [1.54, 1.807) is 24.3 Å². The first kappa shape index (κ1) is 16.7. The maximum Gasteiger partial charge on any atom is 0.339 e. The Morgan fingerprint density at radius 3 is 2.54 bits per heavy atom. The highest BCUT2D eigenvalue weighted by Crippen LogP contribution is 2.49. The van der Waals surface area contributed by atoms with Gasteiger partial charge in [-0.2, -0.15) is 0 Å². The van der Waals surface area contributed by atoms with Crippen LogP contribution in [-0.2, 0) is 6.42 Å². The molecule has 0 saturated heterocycles. The number of thiophene rings is 1. The Kier molecular flexibility index (Phi) is 4.22. The summed E-state index contributed by atoms with van der Waals surface area (Å²) in [6.45, 7) is 6.48. The number of amides is 1. The van der Waals surface area contributed by atoms with E-state index in [2.05, 4.69) is 26.1 Å². The molecule has 2 aromatic rings. The van der Waals surface area contributed by atoms with Crippen molar-refractivity contribution in [3.05, 3.63) is 51.9 Å². The first-order chi connectivity index (χ1) is 11.3. The summed E-state index contributed by atoms with van der Waals surface area (Å²) in [5.74, 6) is -1.07. The Labute approximate surface area is 145 Å². The van der Waals surface area contributed by atoms with Crippen molar-refractivity contribution >= 4 is 28.2 Å². The number of carboxylic acids is 1. The number of nitrogens with one attached hydrogen (secondary N) is 1. The molecule has 0 bridgehead atoms. The normalized spacial score (nSPS) is 18.7. The average molecular weight is 343 g/mol. The largest absolute Gasteiger partial charge is 0.478 e. The molecule has 3 rings (SSSR count). The molecule has 126 valence electrons. The van der Waals surface area contributed by atoms with Gasteiger partial charge in [0.15, 0.2) is 0 Å². The van der Waals surface area contributed by atoms with Crippen LogP contribution in [-0.4, -0.2) is 17.0 Å². The van der Waals surface area contributed by atoms with Gasteiger partial charge in [-0.15, -0.1) is 11.3 Å². The van der Waals surface area contributed by atoms with E-state index in [1.165, 1.54) is 11.3 Å². The van der Waals surface area contributed by atoms with Crippen LogP contribution >= 0.6 is 11.3 Å². The Balaban J connectivity index is 2.00. The van der Waals surface area contributed by atoms with Crippen molar-refractivity contribution in [3.8, 4) is 0 Å². The van der Waals surface area contributed by atoms with Gasteiger partial charge in [0.25, 0.3) is 5.91 Å². The molecule has 5 heteroatoms. The molecule has 1 atom stereocenters. The summed E-state index contributed by atoms with van der Waals surface area (Å²) in [6.07, 6.45) is 1.79. The van der Waals surface area contributed by atoms with Crippen molar-refractivity contribution in [1.82, 2.24) is 0 Å². The second-order valence-electron chi connectivity index (χ2n) is 7.21. The van der Waals surface area contributed by atoms with Crippen molar-refractivity contribution in [2.45, 2.75) is 39.5 Å². The fourth-order valence-corrected chi connectivity index (χ4v) is 5.21. The first-order valence-corrected chi connectivity index (χ1v) is 8.85. The number of fused-ring (bicyclic) bond motifs is 1. The Morgan fingerprint density at radius 1 is 1.25 bits per heavy atom. The van der Waals surface area contributed by atoms with E-state index in [1.807, 2.05) is 6.07 Å². The fraction of sp³-hybridized carbons (Fsp3) is 0.368. The summed E-state index contributed by atoms with van der Waals surface area (Å²) >= 11 is 1.41. The molecule has 1 aliphatic carbocycles. The van der Waals surface area contributed by atoms with Gasteiger partial charge in [-0.25, -0.2) is 4.79 Å². The van der Waals surface area contributed by atoms with E-state index in [9.17, 15) is 14.7 Å². The number of aromatic carboxylic acids is 1.